The molecule has 3 rings (SSSR count). The van der Waals surface area contributed by atoms with Gasteiger partial charge in [0.1, 0.15) is 11.8 Å². The summed E-state index contributed by atoms with van der Waals surface area (Å²) in [6.07, 6.45) is 2.15. The first-order valence-corrected chi connectivity index (χ1v) is 12.9. The lowest BCUT2D eigenvalue weighted by Crippen LogP contribution is -2.51. The lowest BCUT2D eigenvalue weighted by Gasteiger charge is -2.31. The van der Waals surface area contributed by atoms with Crippen LogP contribution in [0.2, 0.25) is 15.1 Å². The number of carbonyl (C=O) groups is 2. The second kappa shape index (κ2) is 14.1. The van der Waals surface area contributed by atoms with Gasteiger partial charge < -0.3 is 15.0 Å². The highest BCUT2D eigenvalue weighted by molar-refractivity contribution is 6.42. The normalized spacial score (nSPS) is 11.6. The number of benzene rings is 3. The highest BCUT2D eigenvalue weighted by atomic mass is 35.5. The molecule has 0 saturated carbocycles. The van der Waals surface area contributed by atoms with Crippen molar-refractivity contribution in [2.75, 3.05) is 13.2 Å². The average Bonchev–Trinajstić information content (AvgIpc) is 2.88. The fourth-order valence-corrected chi connectivity index (χ4v) is 4.10. The van der Waals surface area contributed by atoms with Crippen LogP contribution in [-0.4, -0.2) is 35.9 Å². The first kappa shape index (κ1) is 27.9. The molecular formula is C28H29Cl3N2O3. The molecule has 0 bridgehead atoms. The summed E-state index contributed by atoms with van der Waals surface area (Å²) in [5, 5.41) is 4.36. The molecule has 36 heavy (non-hydrogen) atoms. The molecule has 190 valence electrons. The summed E-state index contributed by atoms with van der Waals surface area (Å²) in [5.74, 6) is -0.0379. The van der Waals surface area contributed by atoms with Crippen LogP contribution in [0.5, 0.6) is 5.75 Å². The molecule has 0 aliphatic carbocycles. The maximum Gasteiger partial charge on any atom is 0.261 e. The summed E-state index contributed by atoms with van der Waals surface area (Å²) in [4.78, 5) is 28.5. The highest BCUT2D eigenvalue weighted by Crippen LogP contribution is 2.24. The smallest absolute Gasteiger partial charge is 0.261 e. The van der Waals surface area contributed by atoms with Crippen molar-refractivity contribution >= 4 is 46.6 Å². The van der Waals surface area contributed by atoms with Crippen LogP contribution in [0.1, 0.15) is 30.9 Å². The van der Waals surface area contributed by atoms with E-state index in [1.165, 1.54) is 0 Å². The van der Waals surface area contributed by atoms with Gasteiger partial charge in [0.2, 0.25) is 5.91 Å². The molecule has 0 saturated heterocycles. The number of carbonyl (C=O) groups excluding carboxylic acids is 2. The summed E-state index contributed by atoms with van der Waals surface area (Å²) in [6, 6.07) is 20.8. The van der Waals surface area contributed by atoms with E-state index in [1.54, 1.807) is 47.4 Å². The maximum atomic E-state index is 13.5. The zero-order valence-corrected chi connectivity index (χ0v) is 22.3. The van der Waals surface area contributed by atoms with Gasteiger partial charge in [-0.05, 0) is 53.9 Å². The third-order valence-electron chi connectivity index (χ3n) is 5.61. The highest BCUT2D eigenvalue weighted by Gasteiger charge is 2.30. The zero-order chi connectivity index (χ0) is 25.9. The minimum absolute atomic E-state index is 0.165. The van der Waals surface area contributed by atoms with E-state index in [4.69, 9.17) is 39.5 Å². The molecule has 8 heteroatoms. The van der Waals surface area contributed by atoms with Crippen molar-refractivity contribution in [1.29, 1.82) is 0 Å². The number of hydrogen-bond acceptors (Lipinski definition) is 3. The average molecular weight is 548 g/mol. The van der Waals surface area contributed by atoms with Crippen molar-refractivity contribution in [3.8, 4) is 5.75 Å². The Kier molecular flexibility index (Phi) is 10.9. The molecule has 3 aromatic carbocycles. The Balaban J connectivity index is 1.89. The number of rotatable bonds is 12. The third kappa shape index (κ3) is 8.44. The fraction of sp³-hybridized carbons (Fsp3) is 0.286. The Morgan fingerprint density at radius 1 is 0.917 bits per heavy atom. The van der Waals surface area contributed by atoms with Crippen LogP contribution in [0.4, 0.5) is 0 Å². The molecule has 0 aliphatic rings. The van der Waals surface area contributed by atoms with Gasteiger partial charge in [0.05, 0.1) is 10.0 Å². The van der Waals surface area contributed by atoms with Crippen molar-refractivity contribution < 1.29 is 14.3 Å². The molecule has 0 heterocycles. The molecule has 1 atom stereocenters. The Bertz CT molecular complexity index is 1140. The Morgan fingerprint density at radius 3 is 2.31 bits per heavy atom. The van der Waals surface area contributed by atoms with Gasteiger partial charge in [0.15, 0.2) is 6.61 Å². The molecule has 0 fully saturated rings. The SMILES string of the molecule is CCCCNC(=O)[C@@H](Cc1ccccc1)N(Cc1ccc(Cl)c(Cl)c1)C(=O)COc1ccc(Cl)cc1. The van der Waals surface area contributed by atoms with Gasteiger partial charge in [-0.1, -0.05) is 84.5 Å². The van der Waals surface area contributed by atoms with Gasteiger partial charge in [-0.3, -0.25) is 9.59 Å². The van der Waals surface area contributed by atoms with Crippen LogP contribution in [0, 0.1) is 0 Å². The number of unbranched alkanes of at least 4 members (excludes halogenated alkanes) is 1. The Morgan fingerprint density at radius 2 is 1.64 bits per heavy atom. The molecule has 0 spiro atoms. The second-order valence-electron chi connectivity index (χ2n) is 8.36. The fourth-order valence-electron chi connectivity index (χ4n) is 3.65. The topological polar surface area (TPSA) is 58.6 Å². The van der Waals surface area contributed by atoms with E-state index in [0.717, 1.165) is 24.0 Å². The van der Waals surface area contributed by atoms with Crippen molar-refractivity contribution in [1.82, 2.24) is 10.2 Å². The molecular weight excluding hydrogens is 519 g/mol. The minimum atomic E-state index is -0.750. The number of halogens is 3. The van der Waals surface area contributed by atoms with E-state index in [9.17, 15) is 9.59 Å². The second-order valence-corrected chi connectivity index (χ2v) is 9.61. The molecule has 2 amide bonds. The number of nitrogens with one attached hydrogen (secondary N) is 1. The summed E-state index contributed by atoms with van der Waals surface area (Å²) in [7, 11) is 0. The molecule has 0 aromatic heterocycles. The van der Waals surface area contributed by atoms with Gasteiger partial charge in [0.25, 0.3) is 5.91 Å². The van der Waals surface area contributed by atoms with Gasteiger partial charge in [0, 0.05) is 24.5 Å². The van der Waals surface area contributed by atoms with E-state index >= 15 is 0 Å². The minimum Gasteiger partial charge on any atom is -0.484 e. The first-order valence-electron chi connectivity index (χ1n) is 11.8. The predicted octanol–water partition coefficient (Wildman–Crippen LogP) is 6.58. The van der Waals surface area contributed by atoms with E-state index in [0.29, 0.717) is 33.8 Å². The van der Waals surface area contributed by atoms with Crippen molar-refractivity contribution in [2.24, 2.45) is 0 Å². The van der Waals surface area contributed by atoms with E-state index in [-0.39, 0.29) is 25.0 Å². The van der Waals surface area contributed by atoms with Gasteiger partial charge in [-0.25, -0.2) is 0 Å². The van der Waals surface area contributed by atoms with Crippen LogP contribution in [0.25, 0.3) is 0 Å². The van der Waals surface area contributed by atoms with Crippen LogP contribution in [0.15, 0.2) is 72.8 Å². The van der Waals surface area contributed by atoms with E-state index < -0.39 is 6.04 Å². The van der Waals surface area contributed by atoms with Crippen LogP contribution in [0.3, 0.4) is 0 Å². The monoisotopic (exact) mass is 546 g/mol. The molecule has 0 unspecified atom stereocenters. The maximum absolute atomic E-state index is 13.5. The summed E-state index contributed by atoms with van der Waals surface area (Å²) < 4.78 is 5.73. The summed E-state index contributed by atoms with van der Waals surface area (Å²) in [6.45, 7) is 2.52. The van der Waals surface area contributed by atoms with E-state index in [2.05, 4.69) is 12.2 Å². The van der Waals surface area contributed by atoms with Gasteiger partial charge in [-0.2, -0.15) is 0 Å². The molecule has 1 N–H and O–H groups in total. The van der Waals surface area contributed by atoms with Gasteiger partial charge in [-0.15, -0.1) is 0 Å². The molecule has 3 aromatic rings. The van der Waals surface area contributed by atoms with Crippen molar-refractivity contribution in [2.45, 2.75) is 38.8 Å². The number of ether oxygens (including phenoxy) is 1. The third-order valence-corrected chi connectivity index (χ3v) is 6.60. The summed E-state index contributed by atoms with van der Waals surface area (Å²) in [5.41, 5.74) is 1.70. The summed E-state index contributed by atoms with van der Waals surface area (Å²) >= 11 is 18.3. The van der Waals surface area contributed by atoms with Crippen molar-refractivity contribution in [3.05, 3.63) is 99.0 Å². The lowest BCUT2D eigenvalue weighted by molar-refractivity contribution is -0.142. The Hall–Kier alpha value is -2.73. The standard InChI is InChI=1S/C28H29Cl3N2O3/c1-2-3-15-32-28(35)26(17-20-7-5-4-6-8-20)33(18-21-9-14-24(30)25(31)16-21)27(34)19-36-23-12-10-22(29)11-13-23/h4-14,16,26H,2-3,15,17-19H2,1H3,(H,32,35)/t26-/m1/s1. The molecule has 5 nitrogen and oxygen atoms in total. The number of amides is 2. The van der Waals surface area contributed by atoms with Crippen LogP contribution < -0.4 is 10.1 Å². The van der Waals surface area contributed by atoms with E-state index in [1.807, 2.05) is 30.3 Å². The predicted molar refractivity (Wildman–Crippen MR) is 146 cm³/mol. The first-order chi connectivity index (χ1) is 17.4. The number of nitrogens with zero attached hydrogens (tertiary/aromatic N) is 1. The van der Waals surface area contributed by atoms with Gasteiger partial charge >= 0.3 is 0 Å². The zero-order valence-electron chi connectivity index (χ0n) is 20.1. The van der Waals surface area contributed by atoms with Crippen LogP contribution >= 0.6 is 34.8 Å². The van der Waals surface area contributed by atoms with Crippen LogP contribution in [-0.2, 0) is 22.6 Å². The molecule has 0 radical (unpaired) electrons. The quantitative estimate of drug-likeness (QED) is 0.261. The number of hydrogen-bond donors (Lipinski definition) is 1. The lowest BCUT2D eigenvalue weighted by atomic mass is 10.0. The van der Waals surface area contributed by atoms with Crippen molar-refractivity contribution in [3.63, 3.8) is 0 Å². The molecule has 0 aliphatic heterocycles. The Labute approximate surface area is 227 Å². The largest absolute Gasteiger partial charge is 0.484 e.